The lowest BCUT2D eigenvalue weighted by Crippen LogP contribution is -2.52. The largest absolute Gasteiger partial charge is 0.346 e. The van der Waals surface area contributed by atoms with E-state index in [1.807, 2.05) is 50.5 Å². The highest BCUT2D eigenvalue weighted by molar-refractivity contribution is 7.13. The van der Waals surface area contributed by atoms with Gasteiger partial charge in [0.25, 0.3) is 0 Å². The fraction of sp³-hybridized carbons (Fsp3) is 0.444. The zero-order chi connectivity index (χ0) is 17.1. The quantitative estimate of drug-likeness (QED) is 0.926. The van der Waals surface area contributed by atoms with E-state index in [1.165, 1.54) is 0 Å². The van der Waals surface area contributed by atoms with Crippen LogP contribution in [0.1, 0.15) is 18.1 Å². The molecule has 0 saturated carbocycles. The first-order chi connectivity index (χ1) is 11.6. The number of thiazole rings is 1. The number of para-hydroxylation sites is 1. The number of carbonyl (C=O) groups is 1. The molecular formula is C18H24N4OS. The maximum atomic E-state index is 12.6. The number of anilines is 2. The topological polar surface area (TPSA) is 48.5 Å². The first-order valence-electron chi connectivity index (χ1n) is 8.32. The van der Waals surface area contributed by atoms with Gasteiger partial charge in [-0.05, 0) is 31.9 Å². The Labute approximate surface area is 147 Å². The van der Waals surface area contributed by atoms with Crippen molar-refractivity contribution in [3.63, 3.8) is 0 Å². The molecule has 1 amide bonds. The average Bonchev–Trinajstić information content (AvgIpc) is 3.12. The molecule has 5 nitrogen and oxygen atoms in total. The zero-order valence-corrected chi connectivity index (χ0v) is 15.3. The fourth-order valence-corrected chi connectivity index (χ4v) is 3.77. The maximum absolute atomic E-state index is 12.6. The molecule has 24 heavy (non-hydrogen) atoms. The molecule has 1 atom stereocenters. The SMILES string of the molecule is Cc1cccc(C)c1NC(=O)[C@@H](C)N1CCN(c2nccs2)CC1. The first kappa shape index (κ1) is 16.9. The minimum Gasteiger partial charge on any atom is -0.346 e. The van der Waals surface area contributed by atoms with Crippen LogP contribution in [0.3, 0.4) is 0 Å². The predicted octanol–water partition coefficient (Wildman–Crippen LogP) is 2.91. The van der Waals surface area contributed by atoms with E-state index in [0.29, 0.717) is 0 Å². The molecule has 1 aromatic carbocycles. The Morgan fingerprint density at radius 2 is 1.88 bits per heavy atom. The number of rotatable bonds is 4. The molecule has 0 radical (unpaired) electrons. The number of hydrogen-bond donors (Lipinski definition) is 1. The van der Waals surface area contributed by atoms with E-state index < -0.39 is 0 Å². The molecule has 0 aliphatic carbocycles. The molecule has 1 aliphatic rings. The second kappa shape index (κ2) is 7.32. The number of benzene rings is 1. The summed E-state index contributed by atoms with van der Waals surface area (Å²) in [4.78, 5) is 21.5. The molecule has 1 saturated heterocycles. The highest BCUT2D eigenvalue weighted by Crippen LogP contribution is 2.22. The summed E-state index contributed by atoms with van der Waals surface area (Å²) >= 11 is 1.67. The fourth-order valence-electron chi connectivity index (χ4n) is 3.08. The summed E-state index contributed by atoms with van der Waals surface area (Å²) in [5.41, 5.74) is 3.14. The van der Waals surface area contributed by atoms with Crippen molar-refractivity contribution in [2.75, 3.05) is 36.4 Å². The van der Waals surface area contributed by atoms with Gasteiger partial charge in [0.2, 0.25) is 5.91 Å². The van der Waals surface area contributed by atoms with Gasteiger partial charge >= 0.3 is 0 Å². The van der Waals surface area contributed by atoms with Crippen LogP contribution >= 0.6 is 11.3 Å². The van der Waals surface area contributed by atoms with Gasteiger partial charge in [0.1, 0.15) is 0 Å². The number of aromatic nitrogens is 1. The Balaban J connectivity index is 1.59. The van der Waals surface area contributed by atoms with Crippen LogP contribution in [0.2, 0.25) is 0 Å². The third-order valence-corrected chi connectivity index (χ3v) is 5.49. The summed E-state index contributed by atoms with van der Waals surface area (Å²) in [5, 5.41) is 6.18. The lowest BCUT2D eigenvalue weighted by Gasteiger charge is -2.37. The van der Waals surface area contributed by atoms with Gasteiger partial charge in [-0.25, -0.2) is 4.98 Å². The monoisotopic (exact) mass is 344 g/mol. The van der Waals surface area contributed by atoms with Crippen molar-refractivity contribution < 1.29 is 4.79 Å². The molecular weight excluding hydrogens is 320 g/mol. The summed E-state index contributed by atoms with van der Waals surface area (Å²) in [7, 11) is 0. The average molecular weight is 344 g/mol. The molecule has 1 aromatic heterocycles. The van der Waals surface area contributed by atoms with Crippen molar-refractivity contribution in [3.8, 4) is 0 Å². The van der Waals surface area contributed by atoms with Gasteiger partial charge in [-0.2, -0.15) is 0 Å². The van der Waals surface area contributed by atoms with E-state index in [0.717, 1.165) is 48.1 Å². The molecule has 0 bridgehead atoms. The number of piperazine rings is 1. The van der Waals surface area contributed by atoms with E-state index in [-0.39, 0.29) is 11.9 Å². The molecule has 3 rings (SSSR count). The summed E-state index contributed by atoms with van der Waals surface area (Å²) < 4.78 is 0. The molecule has 6 heteroatoms. The second-order valence-corrected chi connectivity index (χ2v) is 7.14. The van der Waals surface area contributed by atoms with Gasteiger partial charge in [-0.1, -0.05) is 18.2 Å². The van der Waals surface area contributed by atoms with Crippen LogP contribution in [0.15, 0.2) is 29.8 Å². The maximum Gasteiger partial charge on any atom is 0.241 e. The van der Waals surface area contributed by atoms with Crippen LogP contribution in [0.4, 0.5) is 10.8 Å². The van der Waals surface area contributed by atoms with Crippen LogP contribution in [0, 0.1) is 13.8 Å². The Morgan fingerprint density at radius 1 is 1.21 bits per heavy atom. The minimum atomic E-state index is -0.137. The molecule has 0 spiro atoms. The van der Waals surface area contributed by atoms with Crippen molar-refractivity contribution in [3.05, 3.63) is 40.9 Å². The Hall–Kier alpha value is -1.92. The third kappa shape index (κ3) is 3.60. The van der Waals surface area contributed by atoms with Crippen molar-refractivity contribution in [1.29, 1.82) is 0 Å². The van der Waals surface area contributed by atoms with Gasteiger partial charge in [-0.15, -0.1) is 11.3 Å². The van der Waals surface area contributed by atoms with Crippen molar-refractivity contribution >= 4 is 28.1 Å². The Morgan fingerprint density at radius 3 is 2.46 bits per heavy atom. The standard InChI is InChI=1S/C18H24N4OS/c1-13-5-4-6-14(2)16(13)20-17(23)15(3)21-8-10-22(11-9-21)18-19-7-12-24-18/h4-7,12,15H,8-11H2,1-3H3,(H,20,23)/t15-/m1/s1. The van der Waals surface area contributed by atoms with Crippen molar-refractivity contribution in [2.24, 2.45) is 0 Å². The van der Waals surface area contributed by atoms with Gasteiger partial charge in [0.05, 0.1) is 6.04 Å². The van der Waals surface area contributed by atoms with E-state index >= 15 is 0 Å². The second-order valence-electron chi connectivity index (χ2n) is 6.27. The lowest BCUT2D eigenvalue weighted by atomic mass is 10.1. The van der Waals surface area contributed by atoms with Crippen LogP contribution in [-0.2, 0) is 4.79 Å². The summed E-state index contributed by atoms with van der Waals surface area (Å²) in [6, 6.07) is 5.93. The van der Waals surface area contributed by atoms with Crippen LogP contribution in [0.25, 0.3) is 0 Å². The molecule has 128 valence electrons. The number of nitrogens with zero attached hydrogens (tertiary/aromatic N) is 3. The van der Waals surface area contributed by atoms with Crippen LogP contribution in [-0.4, -0.2) is 48.0 Å². The zero-order valence-electron chi connectivity index (χ0n) is 14.5. The Kier molecular flexibility index (Phi) is 5.16. The van der Waals surface area contributed by atoms with E-state index in [1.54, 1.807) is 11.3 Å². The van der Waals surface area contributed by atoms with Gasteiger partial charge in [0.15, 0.2) is 5.13 Å². The summed E-state index contributed by atoms with van der Waals surface area (Å²) in [6.07, 6.45) is 1.84. The molecule has 2 aromatic rings. The van der Waals surface area contributed by atoms with Gasteiger partial charge in [0, 0.05) is 43.4 Å². The third-order valence-electron chi connectivity index (χ3n) is 4.66. The minimum absolute atomic E-state index is 0.0649. The summed E-state index contributed by atoms with van der Waals surface area (Å²) in [5.74, 6) is 0.0649. The summed E-state index contributed by atoms with van der Waals surface area (Å²) in [6.45, 7) is 9.62. The number of nitrogens with one attached hydrogen (secondary N) is 1. The van der Waals surface area contributed by atoms with E-state index in [2.05, 4.69) is 20.1 Å². The van der Waals surface area contributed by atoms with Gasteiger partial charge in [-0.3, -0.25) is 9.69 Å². The van der Waals surface area contributed by atoms with Crippen LogP contribution < -0.4 is 10.2 Å². The number of hydrogen-bond acceptors (Lipinski definition) is 5. The van der Waals surface area contributed by atoms with Crippen molar-refractivity contribution in [2.45, 2.75) is 26.8 Å². The smallest absolute Gasteiger partial charge is 0.241 e. The highest BCUT2D eigenvalue weighted by atomic mass is 32.1. The number of aryl methyl sites for hydroxylation is 2. The number of carbonyl (C=O) groups excluding carboxylic acids is 1. The van der Waals surface area contributed by atoms with Crippen molar-refractivity contribution in [1.82, 2.24) is 9.88 Å². The Bertz CT molecular complexity index is 673. The van der Waals surface area contributed by atoms with Gasteiger partial charge < -0.3 is 10.2 Å². The molecule has 2 heterocycles. The normalized spacial score (nSPS) is 16.9. The first-order valence-corrected chi connectivity index (χ1v) is 9.20. The van der Waals surface area contributed by atoms with E-state index in [9.17, 15) is 4.79 Å². The molecule has 1 aliphatic heterocycles. The predicted molar refractivity (Wildman–Crippen MR) is 99.9 cm³/mol. The number of amides is 1. The van der Waals surface area contributed by atoms with E-state index in [4.69, 9.17) is 0 Å². The molecule has 0 unspecified atom stereocenters. The lowest BCUT2D eigenvalue weighted by molar-refractivity contribution is -0.120. The molecule has 1 N–H and O–H groups in total. The van der Waals surface area contributed by atoms with Crippen LogP contribution in [0.5, 0.6) is 0 Å². The molecule has 1 fully saturated rings. The highest BCUT2D eigenvalue weighted by Gasteiger charge is 2.26.